The van der Waals surface area contributed by atoms with Crippen molar-refractivity contribution in [2.24, 2.45) is 10.4 Å². The minimum atomic E-state index is 0.232. The van der Waals surface area contributed by atoms with Gasteiger partial charge in [-0.05, 0) is 11.8 Å². The molecule has 0 atom stereocenters. The highest BCUT2D eigenvalue weighted by molar-refractivity contribution is 5.33. The third kappa shape index (κ3) is 7.01. The van der Waals surface area contributed by atoms with Gasteiger partial charge in [-0.1, -0.05) is 32.9 Å². The Bertz CT molecular complexity index is 182. The monoisotopic (exact) mass is 153 g/mol. The summed E-state index contributed by atoms with van der Waals surface area (Å²) in [5.74, 6) is 0. The van der Waals surface area contributed by atoms with Crippen LogP contribution in [0.1, 0.15) is 27.2 Å². The van der Waals surface area contributed by atoms with Gasteiger partial charge in [-0.15, -0.1) is 0 Å². The summed E-state index contributed by atoms with van der Waals surface area (Å²) in [6.07, 6.45) is 2.40. The second-order valence-electron chi connectivity index (χ2n) is 3.89. The van der Waals surface area contributed by atoms with E-state index in [1.165, 1.54) is 6.08 Å². The largest absolute Gasteiger partial charge is 0.235 e. The van der Waals surface area contributed by atoms with Crippen LogP contribution < -0.4 is 0 Å². The summed E-state index contributed by atoms with van der Waals surface area (Å²) >= 11 is 0. The molecule has 0 aliphatic rings. The lowest BCUT2D eigenvalue weighted by Crippen LogP contribution is -2.06. The molecular formula is C9H15NO. The van der Waals surface area contributed by atoms with Crippen molar-refractivity contribution in [1.29, 1.82) is 0 Å². The summed E-state index contributed by atoms with van der Waals surface area (Å²) in [4.78, 5) is 13.2. The molecule has 0 amide bonds. The molecule has 0 saturated heterocycles. The molecule has 0 aliphatic heterocycles. The number of hydrogen-bond donors (Lipinski definition) is 0. The maximum absolute atomic E-state index is 9.74. The smallest absolute Gasteiger partial charge is 0.211 e. The topological polar surface area (TPSA) is 29.4 Å². The number of carbonyl (C=O) groups excluding carboxylic acids is 1. The molecule has 11 heavy (non-hydrogen) atoms. The molecule has 0 aromatic rings. The molecule has 2 heteroatoms. The van der Waals surface area contributed by atoms with Crippen LogP contribution in [0.25, 0.3) is 0 Å². The lowest BCUT2D eigenvalue weighted by molar-refractivity contribution is 0.408. The molecule has 0 fully saturated rings. The van der Waals surface area contributed by atoms with Crippen LogP contribution in [-0.2, 0) is 4.79 Å². The van der Waals surface area contributed by atoms with Crippen molar-refractivity contribution in [3.8, 4) is 0 Å². The van der Waals surface area contributed by atoms with Gasteiger partial charge in [0.05, 0.1) is 6.54 Å². The van der Waals surface area contributed by atoms with Crippen LogP contribution in [0.5, 0.6) is 0 Å². The Balaban J connectivity index is 3.79. The Hall–Kier alpha value is -0.880. The third-order valence-electron chi connectivity index (χ3n) is 1.15. The Labute approximate surface area is 68.0 Å². The van der Waals surface area contributed by atoms with E-state index in [1.807, 2.05) is 0 Å². The SMILES string of the molecule is C=C(CN=C=O)CC(C)(C)C. The minimum absolute atomic E-state index is 0.232. The quantitative estimate of drug-likeness (QED) is 0.347. The number of nitrogens with zero attached hydrogens (tertiary/aromatic N) is 1. The first-order valence-corrected chi connectivity index (χ1v) is 3.66. The van der Waals surface area contributed by atoms with Crippen molar-refractivity contribution in [2.45, 2.75) is 27.2 Å². The van der Waals surface area contributed by atoms with E-state index in [-0.39, 0.29) is 5.41 Å². The molecule has 62 valence electrons. The van der Waals surface area contributed by atoms with Crippen molar-refractivity contribution < 1.29 is 4.79 Å². The summed E-state index contributed by atoms with van der Waals surface area (Å²) < 4.78 is 0. The van der Waals surface area contributed by atoms with Crippen molar-refractivity contribution in [3.63, 3.8) is 0 Å². The van der Waals surface area contributed by atoms with Crippen molar-refractivity contribution in [1.82, 2.24) is 0 Å². The van der Waals surface area contributed by atoms with Gasteiger partial charge in [-0.2, -0.15) is 0 Å². The standard InChI is InChI=1S/C9H15NO/c1-8(6-10-7-11)5-9(2,3)4/h1,5-6H2,2-4H3. The van der Waals surface area contributed by atoms with E-state index in [0.29, 0.717) is 6.54 Å². The maximum atomic E-state index is 9.74. The van der Waals surface area contributed by atoms with Gasteiger partial charge in [0, 0.05) is 0 Å². The van der Waals surface area contributed by atoms with Crippen LogP contribution in [-0.4, -0.2) is 12.6 Å². The van der Waals surface area contributed by atoms with Crippen molar-refractivity contribution in [3.05, 3.63) is 12.2 Å². The predicted molar refractivity (Wildman–Crippen MR) is 46.2 cm³/mol. The Morgan fingerprint density at radius 3 is 2.45 bits per heavy atom. The fourth-order valence-electron chi connectivity index (χ4n) is 0.950. The van der Waals surface area contributed by atoms with E-state index in [9.17, 15) is 4.79 Å². The zero-order valence-corrected chi connectivity index (χ0v) is 7.48. The average Bonchev–Trinajstić information content (AvgIpc) is 1.79. The Morgan fingerprint density at radius 1 is 1.55 bits per heavy atom. The first-order chi connectivity index (χ1) is 4.95. The maximum Gasteiger partial charge on any atom is 0.235 e. The van der Waals surface area contributed by atoms with Gasteiger partial charge in [-0.25, -0.2) is 9.79 Å². The van der Waals surface area contributed by atoms with Crippen LogP contribution >= 0.6 is 0 Å². The summed E-state index contributed by atoms with van der Waals surface area (Å²) in [7, 11) is 0. The summed E-state index contributed by atoms with van der Waals surface area (Å²) in [6, 6.07) is 0. The van der Waals surface area contributed by atoms with E-state index >= 15 is 0 Å². The first kappa shape index (κ1) is 10.1. The van der Waals surface area contributed by atoms with Gasteiger partial charge < -0.3 is 0 Å². The molecule has 0 N–H and O–H groups in total. The highest BCUT2D eigenvalue weighted by Gasteiger charge is 2.10. The fourth-order valence-corrected chi connectivity index (χ4v) is 0.950. The Morgan fingerprint density at radius 2 is 2.09 bits per heavy atom. The van der Waals surface area contributed by atoms with Gasteiger partial charge in [0.15, 0.2) is 0 Å². The molecule has 0 heterocycles. The zero-order chi connectivity index (χ0) is 8.91. The van der Waals surface area contributed by atoms with Gasteiger partial charge in [-0.3, -0.25) is 0 Å². The van der Waals surface area contributed by atoms with E-state index < -0.39 is 0 Å². The molecular weight excluding hydrogens is 138 g/mol. The fraction of sp³-hybridized carbons (Fsp3) is 0.667. The van der Waals surface area contributed by atoms with Gasteiger partial charge >= 0.3 is 0 Å². The van der Waals surface area contributed by atoms with E-state index in [0.717, 1.165) is 12.0 Å². The van der Waals surface area contributed by atoms with Gasteiger partial charge in [0.25, 0.3) is 0 Å². The summed E-state index contributed by atoms with van der Waals surface area (Å²) in [5.41, 5.74) is 1.22. The second-order valence-corrected chi connectivity index (χ2v) is 3.89. The van der Waals surface area contributed by atoms with E-state index in [2.05, 4.69) is 32.3 Å². The molecule has 0 unspecified atom stereocenters. The highest BCUT2D eigenvalue weighted by Crippen LogP contribution is 2.22. The molecule has 2 nitrogen and oxygen atoms in total. The van der Waals surface area contributed by atoms with Crippen molar-refractivity contribution >= 4 is 6.08 Å². The molecule has 0 rings (SSSR count). The second kappa shape index (κ2) is 4.09. The predicted octanol–water partition coefficient (Wildman–Crippen LogP) is 2.31. The average molecular weight is 153 g/mol. The number of isocyanates is 1. The lowest BCUT2D eigenvalue weighted by atomic mass is 9.88. The number of aliphatic imine (C=N–C) groups is 1. The molecule has 0 aromatic heterocycles. The van der Waals surface area contributed by atoms with Gasteiger partial charge in [0.1, 0.15) is 0 Å². The molecule has 0 radical (unpaired) electrons. The number of hydrogen-bond acceptors (Lipinski definition) is 2. The zero-order valence-electron chi connectivity index (χ0n) is 7.48. The van der Waals surface area contributed by atoms with Crippen LogP contribution in [0.2, 0.25) is 0 Å². The molecule has 0 saturated carbocycles. The van der Waals surface area contributed by atoms with E-state index in [1.54, 1.807) is 0 Å². The molecule has 0 aromatic carbocycles. The summed E-state index contributed by atoms with van der Waals surface area (Å²) in [6.45, 7) is 10.6. The molecule has 0 spiro atoms. The minimum Gasteiger partial charge on any atom is -0.211 e. The Kier molecular flexibility index (Phi) is 3.77. The van der Waals surface area contributed by atoms with Crippen LogP contribution in [0, 0.1) is 5.41 Å². The highest BCUT2D eigenvalue weighted by atomic mass is 16.1. The molecule has 0 aliphatic carbocycles. The lowest BCUT2D eigenvalue weighted by Gasteiger charge is -2.18. The van der Waals surface area contributed by atoms with Crippen LogP contribution in [0.3, 0.4) is 0 Å². The summed E-state index contributed by atoms with van der Waals surface area (Å²) in [5, 5.41) is 0. The van der Waals surface area contributed by atoms with Gasteiger partial charge in [0.2, 0.25) is 6.08 Å². The normalized spacial score (nSPS) is 10.5. The van der Waals surface area contributed by atoms with Crippen LogP contribution in [0.4, 0.5) is 0 Å². The van der Waals surface area contributed by atoms with E-state index in [4.69, 9.17) is 0 Å². The van der Waals surface area contributed by atoms with Crippen LogP contribution in [0.15, 0.2) is 17.1 Å². The number of rotatable bonds is 3. The third-order valence-corrected chi connectivity index (χ3v) is 1.15. The first-order valence-electron chi connectivity index (χ1n) is 3.66. The molecule has 0 bridgehead atoms. The van der Waals surface area contributed by atoms with Crippen molar-refractivity contribution in [2.75, 3.05) is 6.54 Å².